The Morgan fingerprint density at radius 1 is 1.19 bits per heavy atom. The summed E-state index contributed by atoms with van der Waals surface area (Å²) in [5, 5.41) is 13.4. The van der Waals surface area contributed by atoms with E-state index in [9.17, 15) is 14.7 Å². The molecule has 9 nitrogen and oxygen atoms in total. The molecule has 1 aromatic carbocycles. The fourth-order valence-electron chi connectivity index (χ4n) is 3.97. The van der Waals surface area contributed by atoms with Gasteiger partial charge in [-0.15, -0.1) is 0 Å². The molecular weight excluding hydrogens is 412 g/mol. The van der Waals surface area contributed by atoms with Crippen molar-refractivity contribution in [3.05, 3.63) is 52.6 Å². The maximum atomic E-state index is 13.2. The minimum absolute atomic E-state index is 0.0972. The van der Waals surface area contributed by atoms with Gasteiger partial charge in [-0.25, -0.2) is 0 Å². The fraction of sp³-hybridized carbons (Fsp3) is 0.391. The molecule has 0 bridgehead atoms. The van der Waals surface area contributed by atoms with E-state index >= 15 is 0 Å². The highest BCUT2D eigenvalue weighted by atomic mass is 16.5. The van der Waals surface area contributed by atoms with Crippen LogP contribution in [-0.4, -0.2) is 57.4 Å². The predicted molar refractivity (Wildman–Crippen MR) is 118 cm³/mol. The summed E-state index contributed by atoms with van der Waals surface area (Å²) < 4.78 is 11.8. The summed E-state index contributed by atoms with van der Waals surface area (Å²) in [4.78, 5) is 31.4. The highest BCUT2D eigenvalue weighted by Crippen LogP contribution is 2.25. The summed E-state index contributed by atoms with van der Waals surface area (Å²) in [5.74, 6) is 0.115. The first-order valence-corrected chi connectivity index (χ1v) is 10.7. The van der Waals surface area contributed by atoms with Gasteiger partial charge in [-0.2, -0.15) is 4.98 Å². The van der Waals surface area contributed by atoms with Gasteiger partial charge in [0.15, 0.2) is 5.82 Å². The topological polar surface area (TPSA) is 111 Å². The average Bonchev–Trinajstić information content (AvgIpc) is 3.28. The van der Waals surface area contributed by atoms with Crippen LogP contribution in [0, 0.1) is 0 Å². The quantitative estimate of drug-likeness (QED) is 0.572. The molecule has 4 rings (SSSR count). The Kier molecular flexibility index (Phi) is 6.65. The van der Waals surface area contributed by atoms with Gasteiger partial charge in [0, 0.05) is 18.5 Å². The number of pyridine rings is 1. The van der Waals surface area contributed by atoms with E-state index < -0.39 is 18.1 Å². The summed E-state index contributed by atoms with van der Waals surface area (Å²) in [5.41, 5.74) is 0.806. The number of aliphatic carboxylic acids is 1. The van der Waals surface area contributed by atoms with Crippen LogP contribution in [-0.2, 0) is 17.8 Å². The number of carboxylic acids is 1. The van der Waals surface area contributed by atoms with E-state index in [-0.39, 0.29) is 11.5 Å². The number of benzene rings is 1. The van der Waals surface area contributed by atoms with Gasteiger partial charge in [0.2, 0.25) is 0 Å². The Balaban J connectivity index is 1.63. The van der Waals surface area contributed by atoms with Crippen LogP contribution >= 0.6 is 0 Å². The second kappa shape index (κ2) is 9.78. The highest BCUT2D eigenvalue weighted by molar-refractivity contribution is 5.70. The van der Waals surface area contributed by atoms with Crippen molar-refractivity contribution in [3.8, 4) is 28.5 Å². The summed E-state index contributed by atoms with van der Waals surface area (Å²) in [6.07, 6.45) is 4.33. The summed E-state index contributed by atoms with van der Waals surface area (Å²) in [6, 6.07) is 10.4. The number of methoxy groups -OCH3 is 1. The monoisotopic (exact) mass is 438 g/mol. The van der Waals surface area contributed by atoms with E-state index in [2.05, 4.69) is 15.0 Å². The Morgan fingerprint density at radius 3 is 2.75 bits per heavy atom. The zero-order valence-electron chi connectivity index (χ0n) is 18.0. The van der Waals surface area contributed by atoms with Crippen molar-refractivity contribution in [2.75, 3.05) is 26.7 Å². The van der Waals surface area contributed by atoms with Crippen LogP contribution in [0.5, 0.6) is 5.75 Å². The van der Waals surface area contributed by atoms with Crippen LogP contribution in [0.25, 0.3) is 22.7 Å². The molecule has 168 valence electrons. The van der Waals surface area contributed by atoms with E-state index in [0.29, 0.717) is 29.3 Å². The molecule has 0 saturated carbocycles. The minimum Gasteiger partial charge on any atom is -0.497 e. The molecule has 3 aromatic rings. The van der Waals surface area contributed by atoms with E-state index in [4.69, 9.17) is 9.26 Å². The van der Waals surface area contributed by atoms with Gasteiger partial charge in [0.1, 0.15) is 17.9 Å². The van der Waals surface area contributed by atoms with Crippen LogP contribution in [0.4, 0.5) is 0 Å². The van der Waals surface area contributed by atoms with Crippen LogP contribution < -0.4 is 10.3 Å². The highest BCUT2D eigenvalue weighted by Gasteiger charge is 2.19. The molecule has 1 saturated heterocycles. The third-order valence-electron chi connectivity index (χ3n) is 5.63. The Hall–Kier alpha value is -3.46. The van der Waals surface area contributed by atoms with Gasteiger partial charge >= 0.3 is 5.97 Å². The lowest BCUT2D eigenvalue weighted by Gasteiger charge is -2.25. The molecule has 32 heavy (non-hydrogen) atoms. The normalized spacial score (nSPS) is 14.4. The number of carbonyl (C=O) groups is 1. The van der Waals surface area contributed by atoms with Crippen LogP contribution in [0.2, 0.25) is 0 Å². The molecule has 1 aliphatic heterocycles. The maximum Gasteiger partial charge on any atom is 0.323 e. The molecule has 0 radical (unpaired) electrons. The largest absolute Gasteiger partial charge is 0.497 e. The number of piperidine rings is 1. The minimum atomic E-state index is -1.12. The summed E-state index contributed by atoms with van der Waals surface area (Å²) in [6.45, 7) is 2.51. The second-order valence-corrected chi connectivity index (χ2v) is 7.82. The molecule has 9 heteroatoms. The Morgan fingerprint density at radius 2 is 2.00 bits per heavy atom. The molecule has 0 amide bonds. The van der Waals surface area contributed by atoms with Gasteiger partial charge in [0.25, 0.3) is 11.4 Å². The van der Waals surface area contributed by atoms with E-state index in [1.807, 2.05) is 0 Å². The van der Waals surface area contributed by atoms with Crippen molar-refractivity contribution in [1.82, 2.24) is 19.6 Å². The molecule has 1 fully saturated rings. The van der Waals surface area contributed by atoms with Gasteiger partial charge in [-0.1, -0.05) is 23.7 Å². The molecule has 1 aliphatic rings. The van der Waals surface area contributed by atoms with Crippen molar-refractivity contribution in [3.63, 3.8) is 0 Å². The lowest BCUT2D eigenvalue weighted by Crippen LogP contribution is -2.31. The Labute approximate surface area is 185 Å². The van der Waals surface area contributed by atoms with Gasteiger partial charge in [-0.05, 0) is 50.2 Å². The van der Waals surface area contributed by atoms with Crippen molar-refractivity contribution < 1.29 is 19.2 Å². The number of hydrogen-bond acceptors (Lipinski definition) is 7. The molecule has 2 aromatic heterocycles. The first-order valence-electron chi connectivity index (χ1n) is 10.7. The molecule has 0 aliphatic carbocycles. The van der Waals surface area contributed by atoms with E-state index in [1.165, 1.54) is 23.8 Å². The standard InChI is InChI=1S/C23H26N4O5/c1-31-17-7-5-6-16(14-17)19-9-8-18(23(30)27(19)15-21(28)29)22-24-20(25-32-22)10-13-26-11-3-2-4-12-26/h5-9,14H,2-4,10-13,15H2,1H3,(H,28,29). The third-order valence-corrected chi connectivity index (χ3v) is 5.63. The number of rotatable bonds is 8. The van der Waals surface area contributed by atoms with Crippen molar-refractivity contribution in [2.24, 2.45) is 0 Å². The molecule has 3 heterocycles. The first-order chi connectivity index (χ1) is 15.5. The van der Waals surface area contributed by atoms with Crippen LogP contribution in [0.3, 0.4) is 0 Å². The Bertz CT molecular complexity index is 1150. The fourth-order valence-corrected chi connectivity index (χ4v) is 3.97. The average molecular weight is 438 g/mol. The third kappa shape index (κ3) is 4.88. The maximum absolute atomic E-state index is 13.2. The van der Waals surface area contributed by atoms with Crippen molar-refractivity contribution in [1.29, 1.82) is 0 Å². The SMILES string of the molecule is COc1cccc(-c2ccc(-c3nc(CCN4CCCCC4)no3)c(=O)n2CC(=O)O)c1. The van der Waals surface area contributed by atoms with Crippen molar-refractivity contribution in [2.45, 2.75) is 32.2 Å². The van der Waals surface area contributed by atoms with Gasteiger partial charge < -0.3 is 19.3 Å². The summed E-state index contributed by atoms with van der Waals surface area (Å²) in [7, 11) is 1.55. The van der Waals surface area contributed by atoms with Crippen LogP contribution in [0.15, 0.2) is 45.7 Å². The van der Waals surface area contributed by atoms with Crippen LogP contribution in [0.1, 0.15) is 25.1 Å². The van der Waals surface area contributed by atoms with E-state index in [0.717, 1.165) is 19.6 Å². The zero-order valence-corrected chi connectivity index (χ0v) is 18.0. The number of likely N-dealkylation sites (tertiary alicyclic amines) is 1. The number of aromatic nitrogens is 3. The molecule has 0 atom stereocenters. The lowest BCUT2D eigenvalue weighted by atomic mass is 10.1. The molecule has 1 N–H and O–H groups in total. The lowest BCUT2D eigenvalue weighted by molar-refractivity contribution is -0.137. The molecular formula is C23H26N4O5. The number of ether oxygens (including phenoxy) is 1. The van der Waals surface area contributed by atoms with Gasteiger partial charge in [0.05, 0.1) is 12.8 Å². The molecule has 0 spiro atoms. The van der Waals surface area contributed by atoms with Gasteiger partial charge in [-0.3, -0.25) is 14.2 Å². The number of nitrogens with zero attached hydrogens (tertiary/aromatic N) is 4. The van der Waals surface area contributed by atoms with E-state index in [1.54, 1.807) is 43.5 Å². The van der Waals surface area contributed by atoms with Crippen molar-refractivity contribution >= 4 is 5.97 Å². The number of carboxylic acid groups (broad SMARTS) is 1. The molecule has 0 unspecified atom stereocenters. The smallest absolute Gasteiger partial charge is 0.323 e. The number of hydrogen-bond donors (Lipinski definition) is 1. The second-order valence-electron chi connectivity index (χ2n) is 7.82. The zero-order chi connectivity index (χ0) is 22.5. The first kappa shape index (κ1) is 21.8. The summed E-state index contributed by atoms with van der Waals surface area (Å²) >= 11 is 0. The predicted octanol–water partition coefficient (Wildman–Crippen LogP) is 2.69.